The van der Waals surface area contributed by atoms with Crippen molar-refractivity contribution in [2.24, 2.45) is 5.73 Å². The molecule has 0 spiro atoms. The molecule has 2 rings (SSSR count). The van der Waals surface area contributed by atoms with Gasteiger partial charge in [0.05, 0.1) is 20.1 Å². The van der Waals surface area contributed by atoms with Crippen molar-refractivity contribution < 1.29 is 14.3 Å². The van der Waals surface area contributed by atoms with Gasteiger partial charge in [-0.25, -0.2) is 0 Å². The lowest BCUT2D eigenvalue weighted by molar-refractivity contribution is -0.118. The third-order valence-corrected chi connectivity index (χ3v) is 3.17. The fourth-order valence-electron chi connectivity index (χ4n) is 2.21. The predicted octanol–water partition coefficient (Wildman–Crippen LogP) is 2.32. The van der Waals surface area contributed by atoms with E-state index in [1.165, 1.54) is 0 Å². The molecule has 0 aliphatic heterocycles. The first-order chi connectivity index (χ1) is 9.67. The third-order valence-electron chi connectivity index (χ3n) is 3.17. The fourth-order valence-corrected chi connectivity index (χ4v) is 2.21. The first-order valence-corrected chi connectivity index (χ1v) is 6.23. The summed E-state index contributed by atoms with van der Waals surface area (Å²) >= 11 is 0. The Morgan fingerprint density at radius 3 is 2.30 bits per heavy atom. The molecule has 0 saturated heterocycles. The van der Waals surface area contributed by atoms with Crippen LogP contribution >= 0.6 is 0 Å². The van der Waals surface area contributed by atoms with E-state index in [2.05, 4.69) is 0 Å². The van der Waals surface area contributed by atoms with Crippen molar-refractivity contribution >= 4 is 5.91 Å². The molecule has 2 aromatic carbocycles. The highest BCUT2D eigenvalue weighted by atomic mass is 16.5. The molecule has 0 aliphatic rings. The number of hydrogen-bond donors (Lipinski definition) is 1. The van der Waals surface area contributed by atoms with Gasteiger partial charge in [-0.15, -0.1) is 0 Å². The number of rotatable bonds is 5. The van der Waals surface area contributed by atoms with Crippen molar-refractivity contribution in [2.75, 3.05) is 14.2 Å². The summed E-state index contributed by atoms with van der Waals surface area (Å²) in [4.78, 5) is 11.9. The van der Waals surface area contributed by atoms with Gasteiger partial charge in [0.15, 0.2) is 0 Å². The second-order valence-corrected chi connectivity index (χ2v) is 4.35. The summed E-state index contributed by atoms with van der Waals surface area (Å²) < 4.78 is 10.5. The fraction of sp³-hybridized carbons (Fsp3) is 0.188. The third kappa shape index (κ3) is 2.74. The van der Waals surface area contributed by atoms with E-state index in [0.717, 1.165) is 5.56 Å². The lowest BCUT2D eigenvalue weighted by Crippen LogP contribution is -2.23. The average molecular weight is 271 g/mol. The van der Waals surface area contributed by atoms with Crippen LogP contribution in [0.15, 0.2) is 48.5 Å². The Morgan fingerprint density at radius 2 is 1.75 bits per heavy atom. The zero-order valence-corrected chi connectivity index (χ0v) is 11.5. The molecule has 1 amide bonds. The Morgan fingerprint density at radius 1 is 1.05 bits per heavy atom. The molecule has 0 fully saturated rings. The number of amides is 1. The smallest absolute Gasteiger partial charge is 0.229 e. The summed E-state index contributed by atoms with van der Waals surface area (Å²) in [5.74, 6) is 0.269. The Balaban J connectivity index is 2.57. The van der Waals surface area contributed by atoms with E-state index >= 15 is 0 Å². The number of ether oxygens (including phenoxy) is 2. The summed E-state index contributed by atoms with van der Waals surface area (Å²) in [6.07, 6.45) is 0. The van der Waals surface area contributed by atoms with Gasteiger partial charge in [-0.2, -0.15) is 0 Å². The number of hydrogen-bond acceptors (Lipinski definition) is 3. The molecule has 4 nitrogen and oxygen atoms in total. The van der Waals surface area contributed by atoms with Crippen molar-refractivity contribution in [1.29, 1.82) is 0 Å². The molecule has 0 bridgehead atoms. The van der Waals surface area contributed by atoms with Gasteiger partial charge in [-0.05, 0) is 23.8 Å². The van der Waals surface area contributed by atoms with Crippen LogP contribution in [0.4, 0.5) is 0 Å². The van der Waals surface area contributed by atoms with Crippen molar-refractivity contribution in [3.63, 3.8) is 0 Å². The van der Waals surface area contributed by atoms with E-state index < -0.39 is 11.8 Å². The van der Waals surface area contributed by atoms with Gasteiger partial charge in [0.2, 0.25) is 5.91 Å². The maximum Gasteiger partial charge on any atom is 0.229 e. The van der Waals surface area contributed by atoms with Crippen LogP contribution < -0.4 is 15.2 Å². The Labute approximate surface area is 118 Å². The lowest BCUT2D eigenvalue weighted by Gasteiger charge is -2.18. The molecule has 20 heavy (non-hydrogen) atoms. The first-order valence-electron chi connectivity index (χ1n) is 6.23. The summed E-state index contributed by atoms with van der Waals surface area (Å²) in [7, 11) is 3.14. The molecule has 0 aliphatic carbocycles. The summed E-state index contributed by atoms with van der Waals surface area (Å²) in [6.45, 7) is 0. The minimum atomic E-state index is -0.568. The molecular formula is C16H17NO3. The number of carbonyl (C=O) groups is 1. The quantitative estimate of drug-likeness (QED) is 0.907. The highest BCUT2D eigenvalue weighted by Gasteiger charge is 2.24. The zero-order valence-electron chi connectivity index (χ0n) is 11.5. The SMILES string of the molecule is COc1ccc(OC)c(C(C(N)=O)c2ccccc2)c1. The molecular weight excluding hydrogens is 254 g/mol. The highest BCUT2D eigenvalue weighted by molar-refractivity contribution is 5.86. The largest absolute Gasteiger partial charge is 0.497 e. The maximum absolute atomic E-state index is 11.9. The number of benzene rings is 2. The van der Waals surface area contributed by atoms with Gasteiger partial charge in [-0.3, -0.25) is 4.79 Å². The van der Waals surface area contributed by atoms with E-state index in [9.17, 15) is 4.79 Å². The number of methoxy groups -OCH3 is 2. The monoisotopic (exact) mass is 271 g/mol. The number of primary amides is 1. The van der Waals surface area contributed by atoms with E-state index in [1.54, 1.807) is 32.4 Å². The maximum atomic E-state index is 11.9. The first kappa shape index (κ1) is 13.9. The topological polar surface area (TPSA) is 61.6 Å². The zero-order chi connectivity index (χ0) is 14.5. The van der Waals surface area contributed by atoms with Gasteiger partial charge in [0, 0.05) is 5.56 Å². The van der Waals surface area contributed by atoms with Crippen LogP contribution in [0.2, 0.25) is 0 Å². The number of carbonyl (C=O) groups excluding carboxylic acids is 1. The Bertz CT molecular complexity index is 596. The van der Waals surface area contributed by atoms with Crippen molar-refractivity contribution in [1.82, 2.24) is 0 Å². The van der Waals surface area contributed by atoms with Crippen molar-refractivity contribution in [3.05, 3.63) is 59.7 Å². The normalized spacial score (nSPS) is 11.7. The molecule has 2 N–H and O–H groups in total. The molecule has 0 radical (unpaired) electrons. The van der Waals surface area contributed by atoms with Gasteiger partial charge in [0.1, 0.15) is 11.5 Å². The Kier molecular flexibility index (Phi) is 4.25. The van der Waals surface area contributed by atoms with Gasteiger partial charge < -0.3 is 15.2 Å². The molecule has 104 valence electrons. The van der Waals surface area contributed by atoms with Crippen LogP contribution in [0.1, 0.15) is 17.0 Å². The van der Waals surface area contributed by atoms with Crippen LogP contribution in [0.5, 0.6) is 11.5 Å². The van der Waals surface area contributed by atoms with E-state index in [-0.39, 0.29) is 0 Å². The van der Waals surface area contributed by atoms with Gasteiger partial charge in [-0.1, -0.05) is 30.3 Å². The molecule has 2 aromatic rings. The van der Waals surface area contributed by atoms with E-state index in [1.807, 2.05) is 30.3 Å². The lowest BCUT2D eigenvalue weighted by atomic mass is 9.90. The van der Waals surface area contributed by atoms with E-state index in [4.69, 9.17) is 15.2 Å². The minimum Gasteiger partial charge on any atom is -0.497 e. The summed E-state index contributed by atoms with van der Waals surface area (Å²) in [6, 6.07) is 14.7. The van der Waals surface area contributed by atoms with Crippen LogP contribution in [0.25, 0.3) is 0 Å². The molecule has 1 atom stereocenters. The average Bonchev–Trinajstić information content (AvgIpc) is 2.48. The number of nitrogens with two attached hydrogens (primary N) is 1. The van der Waals surface area contributed by atoms with Crippen molar-refractivity contribution in [3.8, 4) is 11.5 Å². The molecule has 4 heteroatoms. The van der Waals surface area contributed by atoms with Gasteiger partial charge >= 0.3 is 0 Å². The van der Waals surface area contributed by atoms with Crippen molar-refractivity contribution in [2.45, 2.75) is 5.92 Å². The highest BCUT2D eigenvalue weighted by Crippen LogP contribution is 2.34. The molecule has 0 heterocycles. The standard InChI is InChI=1S/C16H17NO3/c1-19-12-8-9-14(20-2)13(10-12)15(16(17)18)11-6-4-3-5-7-11/h3-10,15H,1-2H3,(H2,17,18). The Hall–Kier alpha value is -2.49. The van der Waals surface area contributed by atoms with Crippen LogP contribution in [0.3, 0.4) is 0 Å². The second-order valence-electron chi connectivity index (χ2n) is 4.35. The minimum absolute atomic E-state index is 0.428. The van der Waals surface area contributed by atoms with Crippen LogP contribution in [-0.2, 0) is 4.79 Å². The van der Waals surface area contributed by atoms with Crippen LogP contribution in [-0.4, -0.2) is 20.1 Å². The van der Waals surface area contributed by atoms with Gasteiger partial charge in [0.25, 0.3) is 0 Å². The molecule has 0 saturated carbocycles. The molecule has 0 aromatic heterocycles. The summed E-state index contributed by atoms with van der Waals surface area (Å²) in [5.41, 5.74) is 7.11. The van der Waals surface area contributed by atoms with Crippen LogP contribution in [0, 0.1) is 0 Å². The predicted molar refractivity (Wildman–Crippen MR) is 77.0 cm³/mol. The van der Waals surface area contributed by atoms with E-state index in [0.29, 0.717) is 17.1 Å². The second kappa shape index (κ2) is 6.10. The summed E-state index contributed by atoms with van der Waals surface area (Å²) in [5, 5.41) is 0. The molecule has 1 unspecified atom stereocenters.